The molecule has 0 bridgehead atoms. The van der Waals surface area contributed by atoms with Crippen LogP contribution in [-0.2, 0) is 0 Å². The van der Waals surface area contributed by atoms with Crippen molar-refractivity contribution >= 4 is 23.6 Å². The van der Waals surface area contributed by atoms with Crippen molar-refractivity contribution in [3.8, 4) is 0 Å². The van der Waals surface area contributed by atoms with Crippen molar-refractivity contribution in [2.45, 2.75) is 20.0 Å². The van der Waals surface area contributed by atoms with Crippen molar-refractivity contribution in [3.05, 3.63) is 16.8 Å². The summed E-state index contributed by atoms with van der Waals surface area (Å²) in [6.07, 6.45) is 1.91. The minimum Gasteiger partial charge on any atom is -0.324 e. The second kappa shape index (κ2) is 3.51. The van der Waals surface area contributed by atoms with Gasteiger partial charge in [0.2, 0.25) is 4.77 Å². The minimum atomic E-state index is -0.00917. The Hall–Kier alpha value is -1.47. The number of hydrazine groups is 1. The summed E-state index contributed by atoms with van der Waals surface area (Å²) in [6.45, 7) is 4.21. The molecule has 0 aromatic carbocycles. The fraction of sp³-hybridized carbons (Fsp3) is 0.500. The van der Waals surface area contributed by atoms with Gasteiger partial charge in [-0.2, -0.15) is 10.1 Å². The number of aromatic amines is 1. The fourth-order valence-electron chi connectivity index (χ4n) is 2.15. The monoisotopic (exact) mass is 250 g/mol. The third-order valence-electron chi connectivity index (χ3n) is 3.00. The minimum absolute atomic E-state index is 0.00917. The van der Waals surface area contributed by atoms with E-state index in [1.54, 1.807) is 0 Å². The normalized spacial score (nSPS) is 22.9. The van der Waals surface area contributed by atoms with Crippen LogP contribution in [0.4, 0.5) is 0 Å². The van der Waals surface area contributed by atoms with Crippen molar-refractivity contribution in [3.63, 3.8) is 0 Å². The molecule has 7 heteroatoms. The quantitative estimate of drug-likeness (QED) is 0.729. The van der Waals surface area contributed by atoms with Gasteiger partial charge in [-0.1, -0.05) is 13.8 Å². The highest BCUT2D eigenvalue weighted by Gasteiger charge is 2.34. The molecule has 90 valence electrons. The molecular weight excluding hydrogens is 236 g/mol. The molecule has 0 amide bonds. The summed E-state index contributed by atoms with van der Waals surface area (Å²) < 4.78 is 2.52. The lowest BCUT2D eigenvalue weighted by atomic mass is 10.1. The van der Waals surface area contributed by atoms with E-state index < -0.39 is 0 Å². The van der Waals surface area contributed by atoms with E-state index in [9.17, 15) is 0 Å². The lowest BCUT2D eigenvalue weighted by molar-refractivity contribution is 0.260. The summed E-state index contributed by atoms with van der Waals surface area (Å²) >= 11 is 5.26. The molecule has 0 aliphatic carbocycles. The maximum absolute atomic E-state index is 5.26. The molecule has 3 rings (SSSR count). The lowest BCUT2D eigenvalue weighted by Crippen LogP contribution is -2.38. The Morgan fingerprint density at radius 2 is 2.24 bits per heavy atom. The van der Waals surface area contributed by atoms with E-state index in [1.165, 1.54) is 0 Å². The van der Waals surface area contributed by atoms with Crippen LogP contribution in [0, 0.1) is 10.7 Å². The predicted molar refractivity (Wildman–Crippen MR) is 67.7 cm³/mol. The molecule has 2 aliphatic rings. The van der Waals surface area contributed by atoms with Gasteiger partial charge in [0.15, 0.2) is 12.0 Å². The first-order chi connectivity index (χ1) is 8.09. The molecule has 0 saturated carbocycles. The van der Waals surface area contributed by atoms with Crippen LogP contribution in [0.15, 0.2) is 11.2 Å². The van der Waals surface area contributed by atoms with Gasteiger partial charge in [-0.3, -0.25) is 9.67 Å². The largest absolute Gasteiger partial charge is 0.324 e. The van der Waals surface area contributed by atoms with E-state index in [0.717, 1.165) is 17.2 Å². The third kappa shape index (κ3) is 1.39. The van der Waals surface area contributed by atoms with E-state index in [0.29, 0.717) is 10.7 Å². The number of fused-ring (bicyclic) bond motifs is 3. The van der Waals surface area contributed by atoms with Crippen molar-refractivity contribution < 1.29 is 0 Å². The second-order valence-electron chi connectivity index (χ2n) is 4.54. The Bertz CT molecular complexity index is 578. The standard InChI is InChI=1S/C10H14N6S/c1-5(2)7-12-8-6(4-11-15(8)3)9-13-14-10(17)16(7)9/h4-5,8,11H,1-3H3,(H,14,17). The summed E-state index contributed by atoms with van der Waals surface area (Å²) in [5, 5.41) is 9.09. The fourth-order valence-corrected chi connectivity index (χ4v) is 2.38. The first kappa shape index (κ1) is 10.7. The van der Waals surface area contributed by atoms with Gasteiger partial charge in [0.05, 0.1) is 5.57 Å². The molecule has 2 N–H and O–H groups in total. The van der Waals surface area contributed by atoms with Crippen molar-refractivity contribution in [2.75, 3.05) is 7.05 Å². The molecule has 0 saturated heterocycles. The maximum atomic E-state index is 5.26. The van der Waals surface area contributed by atoms with Crippen LogP contribution < -0.4 is 5.43 Å². The van der Waals surface area contributed by atoms with Crippen LogP contribution >= 0.6 is 12.2 Å². The first-order valence-electron chi connectivity index (χ1n) is 5.54. The number of nitrogens with zero attached hydrogens (tertiary/aromatic N) is 4. The maximum Gasteiger partial charge on any atom is 0.201 e. The zero-order valence-electron chi connectivity index (χ0n) is 9.93. The number of aromatic nitrogens is 3. The van der Waals surface area contributed by atoms with E-state index >= 15 is 0 Å². The Morgan fingerprint density at radius 3 is 2.94 bits per heavy atom. The van der Waals surface area contributed by atoms with Gasteiger partial charge >= 0.3 is 0 Å². The smallest absolute Gasteiger partial charge is 0.201 e. The molecule has 0 spiro atoms. The van der Waals surface area contributed by atoms with Crippen LogP contribution in [0.5, 0.6) is 0 Å². The van der Waals surface area contributed by atoms with Crippen LogP contribution in [0.2, 0.25) is 0 Å². The number of aliphatic imine (C=N–C) groups is 1. The average molecular weight is 250 g/mol. The highest BCUT2D eigenvalue weighted by atomic mass is 32.1. The Kier molecular flexibility index (Phi) is 2.20. The summed E-state index contributed by atoms with van der Waals surface area (Å²) in [6, 6.07) is 0. The van der Waals surface area contributed by atoms with E-state index in [1.807, 2.05) is 22.8 Å². The summed E-state index contributed by atoms with van der Waals surface area (Å²) in [5.74, 6) is 2.11. The van der Waals surface area contributed by atoms with Gasteiger partial charge in [0.1, 0.15) is 5.84 Å². The lowest BCUT2D eigenvalue weighted by Gasteiger charge is -2.26. The van der Waals surface area contributed by atoms with Gasteiger partial charge < -0.3 is 5.43 Å². The van der Waals surface area contributed by atoms with Gasteiger partial charge in [0, 0.05) is 19.2 Å². The van der Waals surface area contributed by atoms with Crippen LogP contribution in [0.3, 0.4) is 0 Å². The third-order valence-corrected chi connectivity index (χ3v) is 3.27. The molecule has 1 aromatic rings. The zero-order chi connectivity index (χ0) is 12.2. The van der Waals surface area contributed by atoms with Crippen molar-refractivity contribution in [2.24, 2.45) is 10.9 Å². The predicted octanol–water partition coefficient (Wildman–Crippen LogP) is 0.974. The summed E-state index contributed by atoms with van der Waals surface area (Å²) in [7, 11) is 1.96. The van der Waals surface area contributed by atoms with E-state index in [-0.39, 0.29) is 6.17 Å². The van der Waals surface area contributed by atoms with Crippen LogP contribution in [0.1, 0.15) is 19.7 Å². The number of rotatable bonds is 1. The van der Waals surface area contributed by atoms with Crippen LogP contribution in [-0.4, -0.2) is 38.8 Å². The molecule has 2 aliphatic heterocycles. The highest BCUT2D eigenvalue weighted by Crippen LogP contribution is 2.29. The molecule has 0 radical (unpaired) electrons. The highest BCUT2D eigenvalue weighted by molar-refractivity contribution is 7.71. The Morgan fingerprint density at radius 1 is 1.47 bits per heavy atom. The number of likely N-dealkylation sites (N-methyl/N-ethyl adjacent to an activating group) is 1. The molecule has 3 heterocycles. The number of H-pyrrole nitrogens is 1. The molecule has 6 nitrogen and oxygen atoms in total. The SMILES string of the molecule is CC(C)C1=NC2C(=CNN2C)c2n[nH]c(=S)n21. The molecular formula is C10H14N6S. The molecule has 0 fully saturated rings. The summed E-state index contributed by atoms with van der Waals surface area (Å²) in [4.78, 5) is 4.75. The summed E-state index contributed by atoms with van der Waals surface area (Å²) in [5.41, 5.74) is 4.18. The van der Waals surface area contributed by atoms with E-state index in [2.05, 4.69) is 29.5 Å². The first-order valence-corrected chi connectivity index (χ1v) is 5.95. The number of hydrogen-bond donors (Lipinski definition) is 2. The average Bonchev–Trinajstić information content (AvgIpc) is 2.83. The second-order valence-corrected chi connectivity index (χ2v) is 4.93. The Balaban J connectivity index is 2.25. The number of hydrogen-bond acceptors (Lipinski definition) is 5. The van der Waals surface area contributed by atoms with E-state index in [4.69, 9.17) is 17.2 Å². The molecule has 17 heavy (non-hydrogen) atoms. The van der Waals surface area contributed by atoms with Gasteiger partial charge in [0.25, 0.3) is 0 Å². The van der Waals surface area contributed by atoms with Crippen molar-refractivity contribution in [1.82, 2.24) is 25.2 Å². The molecule has 1 unspecified atom stereocenters. The van der Waals surface area contributed by atoms with Gasteiger partial charge in [-0.05, 0) is 12.2 Å². The zero-order valence-corrected chi connectivity index (χ0v) is 10.7. The Labute approximate surface area is 104 Å². The van der Waals surface area contributed by atoms with Crippen molar-refractivity contribution in [1.29, 1.82) is 0 Å². The molecule has 1 aromatic heterocycles. The van der Waals surface area contributed by atoms with Crippen LogP contribution in [0.25, 0.3) is 5.57 Å². The number of nitrogens with one attached hydrogen (secondary N) is 2. The molecule has 1 atom stereocenters. The van der Waals surface area contributed by atoms with Gasteiger partial charge in [-0.15, -0.1) is 0 Å². The topological polar surface area (TPSA) is 61.2 Å². The van der Waals surface area contributed by atoms with Gasteiger partial charge in [-0.25, -0.2) is 4.99 Å².